The van der Waals surface area contributed by atoms with Gasteiger partial charge < -0.3 is 14.8 Å². The first-order valence-corrected chi connectivity index (χ1v) is 2.70. The fourth-order valence-electron chi connectivity index (χ4n) is 0.635. The Kier molecular flexibility index (Phi) is 1.62. The maximum absolute atomic E-state index is 10.7. The van der Waals surface area contributed by atoms with Gasteiger partial charge in [0.1, 0.15) is 5.56 Å². The number of methoxy groups -OCH3 is 1. The third-order valence-electron chi connectivity index (χ3n) is 1.13. The van der Waals surface area contributed by atoms with Gasteiger partial charge in [0.15, 0.2) is 0 Å². The van der Waals surface area contributed by atoms with Crippen LogP contribution in [0, 0.1) is 0 Å². The van der Waals surface area contributed by atoms with E-state index in [2.05, 4.69) is 9.72 Å². The molecule has 1 heterocycles. The second kappa shape index (κ2) is 2.43. The minimum absolute atomic E-state index is 0.155. The smallest absolute Gasteiger partial charge is 0.343 e. The molecule has 2 N–H and O–H groups in total. The van der Waals surface area contributed by atoms with Crippen LogP contribution >= 0.6 is 0 Å². The molecule has 0 radical (unpaired) electrons. The van der Waals surface area contributed by atoms with Crippen molar-refractivity contribution in [1.29, 1.82) is 0 Å². The predicted octanol–water partition coefficient (Wildman–Crippen LogP) is 0.507. The number of hydrogen-bond acceptors (Lipinski definition) is 3. The van der Waals surface area contributed by atoms with Gasteiger partial charge in [0.05, 0.1) is 7.11 Å². The van der Waals surface area contributed by atoms with Gasteiger partial charge in [-0.2, -0.15) is 0 Å². The largest absolute Gasteiger partial charge is 0.494 e. The van der Waals surface area contributed by atoms with Crippen molar-refractivity contribution >= 4 is 5.97 Å². The third kappa shape index (κ3) is 0.953. The van der Waals surface area contributed by atoms with Crippen LogP contribution in [0.1, 0.15) is 10.4 Å². The Bertz CT molecular complexity index is 241. The molecule has 0 saturated carbocycles. The van der Waals surface area contributed by atoms with Gasteiger partial charge in [-0.1, -0.05) is 0 Å². The molecule has 0 saturated heterocycles. The Hall–Kier alpha value is -1.45. The lowest BCUT2D eigenvalue weighted by Gasteiger charge is -1.93. The molecule has 1 aromatic heterocycles. The van der Waals surface area contributed by atoms with Gasteiger partial charge in [0.25, 0.3) is 0 Å². The highest BCUT2D eigenvalue weighted by Crippen LogP contribution is 2.13. The number of rotatable bonds is 1. The number of aromatic amines is 1. The summed E-state index contributed by atoms with van der Waals surface area (Å²) in [6.07, 6.45) is 1.46. The third-order valence-corrected chi connectivity index (χ3v) is 1.13. The van der Waals surface area contributed by atoms with Gasteiger partial charge in [-0.15, -0.1) is 0 Å². The topological polar surface area (TPSA) is 62.3 Å². The van der Waals surface area contributed by atoms with Gasteiger partial charge in [-0.05, 0) is 6.07 Å². The monoisotopic (exact) mass is 141 g/mol. The maximum Gasteiger partial charge on any atom is 0.343 e. The Morgan fingerprint density at radius 3 is 2.90 bits per heavy atom. The van der Waals surface area contributed by atoms with Crippen molar-refractivity contribution in [2.45, 2.75) is 0 Å². The van der Waals surface area contributed by atoms with Crippen molar-refractivity contribution < 1.29 is 14.6 Å². The van der Waals surface area contributed by atoms with Crippen LogP contribution in [-0.2, 0) is 4.74 Å². The molecule has 4 nitrogen and oxygen atoms in total. The summed E-state index contributed by atoms with van der Waals surface area (Å²) in [6.45, 7) is 0. The van der Waals surface area contributed by atoms with Crippen LogP contribution in [-0.4, -0.2) is 23.2 Å². The van der Waals surface area contributed by atoms with Crippen LogP contribution in [0.2, 0.25) is 0 Å². The minimum atomic E-state index is -0.543. The van der Waals surface area contributed by atoms with E-state index >= 15 is 0 Å². The van der Waals surface area contributed by atoms with Crippen LogP contribution < -0.4 is 0 Å². The van der Waals surface area contributed by atoms with E-state index in [4.69, 9.17) is 5.11 Å². The number of esters is 1. The molecule has 1 aromatic rings. The van der Waals surface area contributed by atoms with E-state index in [1.807, 2.05) is 0 Å². The molecule has 4 heteroatoms. The number of carbonyl (C=O) groups is 1. The average Bonchev–Trinajstić information content (AvgIpc) is 2.34. The summed E-state index contributed by atoms with van der Waals surface area (Å²) >= 11 is 0. The van der Waals surface area contributed by atoms with Gasteiger partial charge in [-0.3, -0.25) is 0 Å². The molecule has 0 aliphatic heterocycles. The van der Waals surface area contributed by atoms with Crippen molar-refractivity contribution in [3.63, 3.8) is 0 Å². The average molecular weight is 141 g/mol. The molecule has 0 fully saturated rings. The fraction of sp³-hybridized carbons (Fsp3) is 0.167. The molecular formula is C6H7NO3. The minimum Gasteiger partial charge on any atom is -0.494 e. The highest BCUT2D eigenvalue weighted by molar-refractivity contribution is 5.91. The molecule has 0 unspecified atom stereocenters. The van der Waals surface area contributed by atoms with Gasteiger partial charge >= 0.3 is 5.97 Å². The first kappa shape index (κ1) is 6.67. The predicted molar refractivity (Wildman–Crippen MR) is 33.8 cm³/mol. The molecule has 0 spiro atoms. The molecule has 0 aromatic carbocycles. The zero-order valence-electron chi connectivity index (χ0n) is 5.42. The van der Waals surface area contributed by atoms with Crippen LogP contribution in [0.15, 0.2) is 12.3 Å². The number of carbonyl (C=O) groups excluding carboxylic acids is 1. The molecule has 0 aliphatic rings. The summed E-state index contributed by atoms with van der Waals surface area (Å²) in [6, 6.07) is 1.45. The maximum atomic E-state index is 10.7. The molecule has 0 amide bonds. The first-order chi connectivity index (χ1) is 4.75. The quantitative estimate of drug-likeness (QED) is 0.560. The number of aromatic nitrogens is 1. The summed E-state index contributed by atoms with van der Waals surface area (Å²) < 4.78 is 4.36. The van der Waals surface area contributed by atoms with E-state index in [1.54, 1.807) is 0 Å². The first-order valence-electron chi connectivity index (χ1n) is 2.70. The Labute approximate surface area is 57.4 Å². The van der Waals surface area contributed by atoms with Crippen LogP contribution in [0.25, 0.3) is 0 Å². The zero-order valence-corrected chi connectivity index (χ0v) is 5.42. The van der Waals surface area contributed by atoms with Crippen molar-refractivity contribution in [3.05, 3.63) is 17.8 Å². The lowest BCUT2D eigenvalue weighted by atomic mass is 10.3. The van der Waals surface area contributed by atoms with E-state index in [9.17, 15) is 4.79 Å². The van der Waals surface area contributed by atoms with Crippen LogP contribution in [0.3, 0.4) is 0 Å². The SMILES string of the molecule is COC(=O)c1cc[nH]c1O. The van der Waals surface area contributed by atoms with Crippen LogP contribution in [0.4, 0.5) is 0 Å². The highest BCUT2D eigenvalue weighted by atomic mass is 16.5. The molecule has 0 atom stereocenters. The van der Waals surface area contributed by atoms with Crippen molar-refractivity contribution in [2.75, 3.05) is 7.11 Å². The number of H-pyrrole nitrogens is 1. The number of hydrogen-bond donors (Lipinski definition) is 2. The summed E-state index contributed by atoms with van der Waals surface area (Å²) in [7, 11) is 1.26. The van der Waals surface area contributed by atoms with Gasteiger partial charge in [0.2, 0.25) is 5.88 Å². The summed E-state index contributed by atoms with van der Waals surface area (Å²) in [5, 5.41) is 8.90. The van der Waals surface area contributed by atoms with E-state index in [0.717, 1.165) is 0 Å². The normalized spacial score (nSPS) is 9.30. The van der Waals surface area contributed by atoms with E-state index < -0.39 is 5.97 Å². The zero-order chi connectivity index (χ0) is 7.56. The molecule has 1 rings (SSSR count). The number of aromatic hydroxyl groups is 1. The van der Waals surface area contributed by atoms with E-state index in [-0.39, 0.29) is 11.4 Å². The molecular weight excluding hydrogens is 134 g/mol. The molecule has 10 heavy (non-hydrogen) atoms. The molecule has 0 aliphatic carbocycles. The summed E-state index contributed by atoms with van der Waals surface area (Å²) in [5.74, 6) is -0.703. The van der Waals surface area contributed by atoms with Gasteiger partial charge in [-0.25, -0.2) is 4.79 Å². The van der Waals surface area contributed by atoms with Crippen LogP contribution in [0.5, 0.6) is 5.88 Å². The Morgan fingerprint density at radius 1 is 1.80 bits per heavy atom. The van der Waals surface area contributed by atoms with E-state index in [0.29, 0.717) is 0 Å². The summed E-state index contributed by atoms with van der Waals surface area (Å²) in [4.78, 5) is 13.1. The van der Waals surface area contributed by atoms with E-state index in [1.165, 1.54) is 19.4 Å². The molecule has 54 valence electrons. The lowest BCUT2D eigenvalue weighted by molar-refractivity contribution is 0.0597. The van der Waals surface area contributed by atoms with Crippen molar-refractivity contribution in [1.82, 2.24) is 4.98 Å². The lowest BCUT2D eigenvalue weighted by Crippen LogP contribution is -1.98. The standard InChI is InChI=1S/C6H7NO3/c1-10-6(9)4-2-3-7-5(4)8/h2-3,7-8H,1H3. The number of ether oxygens (including phenoxy) is 1. The second-order valence-electron chi connectivity index (χ2n) is 1.73. The fourth-order valence-corrected chi connectivity index (χ4v) is 0.635. The van der Waals surface area contributed by atoms with Crippen molar-refractivity contribution in [2.24, 2.45) is 0 Å². The Balaban J connectivity index is 2.93. The van der Waals surface area contributed by atoms with Gasteiger partial charge in [0, 0.05) is 6.20 Å². The highest BCUT2D eigenvalue weighted by Gasteiger charge is 2.10. The summed E-state index contributed by atoms with van der Waals surface area (Å²) in [5.41, 5.74) is 0.155. The number of nitrogens with one attached hydrogen (secondary N) is 1. The second-order valence-corrected chi connectivity index (χ2v) is 1.73. The molecule has 0 bridgehead atoms. The van der Waals surface area contributed by atoms with Crippen molar-refractivity contribution in [3.8, 4) is 5.88 Å². The Morgan fingerprint density at radius 2 is 2.50 bits per heavy atom.